The zero-order valence-corrected chi connectivity index (χ0v) is 6.25. The van der Waals surface area contributed by atoms with Gasteiger partial charge in [-0.25, -0.2) is 4.39 Å². The molecule has 0 rings (SSSR count). The molecule has 6 heteroatoms. The first-order chi connectivity index (χ1) is 4.54. The summed E-state index contributed by atoms with van der Waals surface area (Å²) in [6.07, 6.45) is 0.722. The number of hydrogen-bond acceptors (Lipinski definition) is 4. The van der Waals surface area contributed by atoms with E-state index < -0.39 is 18.6 Å². The predicted molar refractivity (Wildman–Crippen MR) is 26.2 cm³/mol. The van der Waals surface area contributed by atoms with Crippen molar-refractivity contribution in [2.45, 2.75) is 0 Å². The topological polar surface area (TPSA) is 80.3 Å². The standard InChI is InChI=1S/C3H4O2.C2H3FO2.Cu/c1-2-3(4)5;3-1-2(4)5;/h2H,1H2,(H,4,5);1H2,(H,4,5);/q;;+2/p-2. The van der Waals surface area contributed by atoms with Gasteiger partial charge in [-0.05, 0) is 6.08 Å². The summed E-state index contributed by atoms with van der Waals surface area (Å²) >= 11 is 0. The van der Waals surface area contributed by atoms with Gasteiger partial charge in [0.25, 0.3) is 0 Å². The van der Waals surface area contributed by atoms with Crippen molar-refractivity contribution in [3.63, 3.8) is 0 Å². The Morgan fingerprint density at radius 2 is 1.64 bits per heavy atom. The van der Waals surface area contributed by atoms with Crippen molar-refractivity contribution in [3.8, 4) is 0 Å². The molecule has 0 aliphatic carbocycles. The molecule has 0 amide bonds. The maximum Gasteiger partial charge on any atom is 2.00 e. The van der Waals surface area contributed by atoms with Crippen molar-refractivity contribution in [2.75, 3.05) is 6.67 Å². The molecule has 0 unspecified atom stereocenters. The Morgan fingerprint density at radius 1 is 1.45 bits per heavy atom. The van der Waals surface area contributed by atoms with Crippen LogP contribution in [0, 0.1) is 0 Å². The van der Waals surface area contributed by atoms with Gasteiger partial charge in [0.15, 0.2) is 0 Å². The molecule has 0 saturated carbocycles. The Balaban J connectivity index is -0.000000107. The van der Waals surface area contributed by atoms with Gasteiger partial charge in [0, 0.05) is 0 Å². The van der Waals surface area contributed by atoms with Crippen LogP contribution in [0.15, 0.2) is 12.7 Å². The third-order valence-corrected chi connectivity index (χ3v) is 0.276. The number of alkyl halides is 1. The molecular formula is C5H5CuFO4. The summed E-state index contributed by atoms with van der Waals surface area (Å²) < 4.78 is 10.5. The number of aliphatic carboxylic acids is 2. The molecule has 0 N–H and O–H groups in total. The van der Waals surface area contributed by atoms with E-state index in [2.05, 4.69) is 6.58 Å². The van der Waals surface area contributed by atoms with Crippen LogP contribution < -0.4 is 10.2 Å². The van der Waals surface area contributed by atoms with Crippen LogP contribution in [0.4, 0.5) is 4.39 Å². The predicted octanol–water partition coefficient (Wildman–Crippen LogP) is -2.37. The number of halogens is 1. The summed E-state index contributed by atoms with van der Waals surface area (Å²) in [4.78, 5) is 18.0. The van der Waals surface area contributed by atoms with Gasteiger partial charge in [-0.2, -0.15) is 0 Å². The fourth-order valence-electron chi connectivity index (χ4n) is 0. The van der Waals surface area contributed by atoms with Crippen LogP contribution in [0.1, 0.15) is 0 Å². The summed E-state index contributed by atoms with van der Waals surface area (Å²) in [5.41, 5.74) is 0. The number of hydrogen-bond donors (Lipinski definition) is 0. The number of carbonyl (C=O) groups excluding carboxylic acids is 2. The molecule has 0 aliphatic rings. The number of carbonyl (C=O) groups is 2. The average Bonchev–Trinajstić information content (AvgIpc) is 1.89. The number of carboxylic acids is 2. The van der Waals surface area contributed by atoms with Gasteiger partial charge in [0.1, 0.15) is 6.67 Å². The van der Waals surface area contributed by atoms with E-state index in [1.165, 1.54) is 0 Å². The van der Waals surface area contributed by atoms with Crippen molar-refractivity contribution in [1.29, 1.82) is 0 Å². The van der Waals surface area contributed by atoms with Crippen LogP contribution in [0.2, 0.25) is 0 Å². The van der Waals surface area contributed by atoms with Gasteiger partial charge >= 0.3 is 17.1 Å². The molecule has 0 spiro atoms. The van der Waals surface area contributed by atoms with E-state index in [1.54, 1.807) is 0 Å². The monoisotopic (exact) mass is 211 g/mol. The van der Waals surface area contributed by atoms with Gasteiger partial charge in [-0.3, -0.25) is 0 Å². The van der Waals surface area contributed by atoms with E-state index in [-0.39, 0.29) is 17.1 Å². The van der Waals surface area contributed by atoms with Gasteiger partial charge in [0.2, 0.25) is 0 Å². The third kappa shape index (κ3) is 47.4. The first kappa shape index (κ1) is 16.6. The summed E-state index contributed by atoms with van der Waals surface area (Å²) in [6, 6.07) is 0. The Morgan fingerprint density at radius 3 is 1.64 bits per heavy atom. The van der Waals surface area contributed by atoms with Crippen molar-refractivity contribution in [2.24, 2.45) is 0 Å². The van der Waals surface area contributed by atoms with E-state index in [9.17, 15) is 4.39 Å². The van der Waals surface area contributed by atoms with Crippen LogP contribution in [0.5, 0.6) is 0 Å². The number of rotatable bonds is 2. The minimum Gasteiger partial charge on any atom is -0.547 e. The maximum atomic E-state index is 10.5. The van der Waals surface area contributed by atoms with Crippen LogP contribution in [-0.2, 0) is 26.7 Å². The second-order valence-corrected chi connectivity index (χ2v) is 1.03. The minimum atomic E-state index is -1.66. The summed E-state index contributed by atoms with van der Waals surface area (Å²) in [5.74, 6) is -2.89. The van der Waals surface area contributed by atoms with E-state index in [0.29, 0.717) is 0 Å². The molecule has 0 aromatic heterocycles. The van der Waals surface area contributed by atoms with Crippen molar-refractivity contribution in [1.82, 2.24) is 0 Å². The Bertz CT molecular complexity index is 136. The van der Waals surface area contributed by atoms with Crippen molar-refractivity contribution in [3.05, 3.63) is 12.7 Å². The van der Waals surface area contributed by atoms with E-state index >= 15 is 0 Å². The largest absolute Gasteiger partial charge is 2.00 e. The molecule has 0 atom stereocenters. The smallest absolute Gasteiger partial charge is 0.547 e. The van der Waals surface area contributed by atoms with Crippen LogP contribution in [-0.4, -0.2) is 18.6 Å². The van der Waals surface area contributed by atoms with Crippen molar-refractivity contribution >= 4 is 11.9 Å². The van der Waals surface area contributed by atoms with Crippen LogP contribution in [0.3, 0.4) is 0 Å². The summed E-state index contributed by atoms with van der Waals surface area (Å²) in [6.45, 7) is 1.51. The van der Waals surface area contributed by atoms with E-state index in [1.807, 2.05) is 0 Å². The molecule has 0 heterocycles. The molecule has 11 heavy (non-hydrogen) atoms. The van der Waals surface area contributed by atoms with Gasteiger partial charge < -0.3 is 19.8 Å². The Labute approximate surface area is 73.2 Å². The van der Waals surface area contributed by atoms with Crippen LogP contribution >= 0.6 is 0 Å². The number of carboxylic acid groups (broad SMARTS) is 2. The molecule has 0 aromatic carbocycles. The fourth-order valence-corrected chi connectivity index (χ4v) is 0. The van der Waals surface area contributed by atoms with Crippen molar-refractivity contribution < 1.29 is 41.3 Å². The molecule has 0 fully saturated rings. The maximum absolute atomic E-state index is 10.5. The van der Waals surface area contributed by atoms with Gasteiger partial charge in [-0.1, -0.05) is 6.58 Å². The Hall–Kier alpha value is -0.871. The van der Waals surface area contributed by atoms with Crippen LogP contribution in [0.25, 0.3) is 0 Å². The van der Waals surface area contributed by atoms with Gasteiger partial charge in [0.05, 0.1) is 11.9 Å². The van der Waals surface area contributed by atoms with Gasteiger partial charge in [-0.15, -0.1) is 0 Å². The second-order valence-electron chi connectivity index (χ2n) is 1.03. The minimum absolute atomic E-state index is 0. The molecule has 4 nitrogen and oxygen atoms in total. The SMILES string of the molecule is C=CC(=O)[O-].O=C([O-])CF.[Cu+2]. The first-order valence-corrected chi connectivity index (χ1v) is 2.13. The molecule has 1 radical (unpaired) electrons. The average molecular weight is 212 g/mol. The zero-order chi connectivity index (χ0) is 8.57. The fraction of sp³-hybridized carbons (Fsp3) is 0.200. The molecule has 67 valence electrons. The normalized spacial score (nSPS) is 6.27. The first-order valence-electron chi connectivity index (χ1n) is 2.13. The third-order valence-electron chi connectivity index (χ3n) is 0.276. The second kappa shape index (κ2) is 11.9. The summed E-state index contributed by atoms with van der Waals surface area (Å²) in [5, 5.41) is 18.0. The molecule has 0 aliphatic heterocycles. The molecular weight excluding hydrogens is 207 g/mol. The molecule has 0 saturated heterocycles. The quantitative estimate of drug-likeness (QED) is 0.378. The van der Waals surface area contributed by atoms with E-state index in [4.69, 9.17) is 19.8 Å². The molecule has 0 aromatic rings. The summed E-state index contributed by atoms with van der Waals surface area (Å²) in [7, 11) is 0. The molecule has 0 bridgehead atoms. The zero-order valence-electron chi connectivity index (χ0n) is 5.30. The van der Waals surface area contributed by atoms with E-state index in [0.717, 1.165) is 6.08 Å². The Kier molecular flexibility index (Phi) is 17.9.